The molecular weight excluding hydrogens is 404 g/mol. The molecule has 0 amide bonds. The lowest BCUT2D eigenvalue weighted by Gasteiger charge is -2.24. The van der Waals surface area contributed by atoms with Crippen LogP contribution in [0.5, 0.6) is 0 Å². The quantitative estimate of drug-likeness (QED) is 0.473. The Morgan fingerprint density at radius 1 is 1.04 bits per heavy atom. The van der Waals surface area contributed by atoms with Gasteiger partial charge >= 0.3 is 0 Å². The van der Waals surface area contributed by atoms with E-state index in [0.717, 1.165) is 27.3 Å². The number of nitrogens with zero attached hydrogens (tertiary/aromatic N) is 2. The molecule has 0 fully saturated rings. The Morgan fingerprint density at radius 2 is 1.79 bits per heavy atom. The molecule has 0 radical (unpaired) electrons. The number of hydrazone groups is 1. The maximum atomic E-state index is 6.05. The molecule has 24 heavy (non-hydrogen) atoms. The molecule has 0 N–H and O–H groups in total. The van der Waals surface area contributed by atoms with Crippen molar-refractivity contribution in [2.24, 2.45) is 5.10 Å². The Balaban J connectivity index is 1.74. The fourth-order valence-electron chi connectivity index (χ4n) is 2.88. The zero-order chi connectivity index (χ0) is 16.5. The van der Waals surface area contributed by atoms with Crippen molar-refractivity contribution in [3.8, 4) is 0 Å². The highest BCUT2D eigenvalue weighted by Gasteiger charge is 2.30. The average molecular weight is 418 g/mol. The van der Waals surface area contributed by atoms with E-state index in [0.29, 0.717) is 0 Å². The first kappa shape index (κ1) is 15.9. The molecule has 0 bridgehead atoms. The molecule has 1 aliphatic heterocycles. The topological polar surface area (TPSA) is 15.6 Å². The molecule has 0 saturated heterocycles. The van der Waals surface area contributed by atoms with E-state index in [1.807, 2.05) is 24.3 Å². The minimum atomic E-state index is 0.181. The maximum absolute atomic E-state index is 6.05. The Hall–Kier alpha value is -1.62. The molecule has 120 valence electrons. The predicted molar refractivity (Wildman–Crippen MR) is 106 cm³/mol. The van der Waals surface area contributed by atoms with Gasteiger partial charge in [-0.2, -0.15) is 5.10 Å². The van der Waals surface area contributed by atoms with E-state index in [9.17, 15) is 0 Å². The van der Waals surface area contributed by atoms with Gasteiger partial charge < -0.3 is 0 Å². The normalized spacial score (nSPS) is 17.2. The molecule has 0 aliphatic carbocycles. The monoisotopic (exact) mass is 416 g/mol. The smallest absolute Gasteiger partial charge is 0.0832 e. The third kappa shape index (κ3) is 3.14. The van der Waals surface area contributed by atoms with Gasteiger partial charge in [-0.15, -0.1) is 11.3 Å². The van der Waals surface area contributed by atoms with Gasteiger partial charge in [0.15, 0.2) is 0 Å². The lowest BCUT2D eigenvalue weighted by atomic mass is 10.0. The van der Waals surface area contributed by atoms with Gasteiger partial charge in [-0.05, 0) is 53.4 Å². The average Bonchev–Trinajstić information content (AvgIpc) is 3.26. The minimum absolute atomic E-state index is 0.181. The molecule has 4 rings (SSSR count). The fraction of sp³-hybridized carbons (Fsp3) is 0.105. The molecular formula is C19H14BrClN2S. The largest absolute Gasteiger partial charge is 0.257 e. The van der Waals surface area contributed by atoms with Crippen molar-refractivity contribution in [2.45, 2.75) is 12.5 Å². The van der Waals surface area contributed by atoms with E-state index in [2.05, 4.69) is 62.7 Å². The summed E-state index contributed by atoms with van der Waals surface area (Å²) in [6.07, 6.45) is 0.887. The summed E-state index contributed by atoms with van der Waals surface area (Å²) in [7, 11) is 0. The molecule has 2 nitrogen and oxygen atoms in total. The van der Waals surface area contributed by atoms with Gasteiger partial charge in [-0.25, -0.2) is 0 Å². The summed E-state index contributed by atoms with van der Waals surface area (Å²) in [5.74, 6) is 0. The van der Waals surface area contributed by atoms with Crippen molar-refractivity contribution in [2.75, 3.05) is 5.01 Å². The third-order valence-corrected chi connectivity index (χ3v) is 5.76. The second-order valence-electron chi connectivity index (χ2n) is 5.62. The van der Waals surface area contributed by atoms with Crippen LogP contribution < -0.4 is 5.01 Å². The van der Waals surface area contributed by atoms with E-state index < -0.39 is 0 Å². The highest BCUT2D eigenvalue weighted by molar-refractivity contribution is 9.10. The lowest BCUT2D eigenvalue weighted by molar-refractivity contribution is 0.709. The van der Waals surface area contributed by atoms with Crippen molar-refractivity contribution >= 4 is 50.3 Å². The van der Waals surface area contributed by atoms with Crippen LogP contribution in [0.1, 0.15) is 22.9 Å². The van der Waals surface area contributed by atoms with Crippen LogP contribution >= 0.6 is 38.9 Å². The highest BCUT2D eigenvalue weighted by Crippen LogP contribution is 2.38. The maximum Gasteiger partial charge on any atom is 0.0832 e. The number of hydrogen-bond donors (Lipinski definition) is 0. The zero-order valence-electron chi connectivity index (χ0n) is 12.7. The molecule has 1 aliphatic rings. The SMILES string of the molecule is Clc1ccc(C2CC(c3cccs3)=NN2c2ccc(Br)cc2)cc1. The van der Waals surface area contributed by atoms with Crippen molar-refractivity contribution in [3.63, 3.8) is 0 Å². The van der Waals surface area contributed by atoms with Gasteiger partial charge in [0, 0.05) is 15.9 Å². The summed E-state index contributed by atoms with van der Waals surface area (Å²) in [5.41, 5.74) is 3.44. The molecule has 0 saturated carbocycles. The fourth-order valence-corrected chi connectivity index (χ4v) is 3.99. The highest BCUT2D eigenvalue weighted by atomic mass is 79.9. The van der Waals surface area contributed by atoms with Crippen molar-refractivity contribution < 1.29 is 0 Å². The summed E-state index contributed by atoms with van der Waals surface area (Å²) in [6, 6.07) is 20.7. The number of hydrogen-bond acceptors (Lipinski definition) is 3. The first-order valence-electron chi connectivity index (χ1n) is 7.62. The molecule has 0 spiro atoms. The first-order chi connectivity index (χ1) is 11.7. The van der Waals surface area contributed by atoms with Crippen LogP contribution in [-0.4, -0.2) is 5.71 Å². The van der Waals surface area contributed by atoms with Gasteiger partial charge in [-0.3, -0.25) is 5.01 Å². The molecule has 2 heterocycles. The number of anilines is 1. The van der Waals surface area contributed by atoms with E-state index in [1.54, 1.807) is 11.3 Å². The molecule has 2 aromatic carbocycles. The van der Waals surface area contributed by atoms with Crippen LogP contribution in [0.2, 0.25) is 5.02 Å². The van der Waals surface area contributed by atoms with Gasteiger partial charge in [0.1, 0.15) is 0 Å². The predicted octanol–water partition coefficient (Wildman–Crippen LogP) is 6.52. The number of thiophene rings is 1. The summed E-state index contributed by atoms with van der Waals surface area (Å²) in [6.45, 7) is 0. The standard InChI is InChI=1S/C19H14BrClN2S/c20-14-5-9-16(10-6-14)23-18(13-3-7-15(21)8-4-13)12-17(22-23)19-2-1-11-24-19/h1-11,18H,12H2. The Kier molecular flexibility index (Phi) is 4.44. The van der Waals surface area contributed by atoms with Crippen LogP contribution in [0.4, 0.5) is 5.69 Å². The zero-order valence-corrected chi connectivity index (χ0v) is 15.9. The molecule has 5 heteroatoms. The van der Waals surface area contributed by atoms with E-state index in [-0.39, 0.29) is 6.04 Å². The van der Waals surface area contributed by atoms with Crippen LogP contribution in [-0.2, 0) is 0 Å². The van der Waals surface area contributed by atoms with Crippen molar-refractivity contribution in [1.82, 2.24) is 0 Å². The summed E-state index contributed by atoms with van der Waals surface area (Å²) in [4.78, 5) is 1.23. The van der Waals surface area contributed by atoms with Gasteiger partial charge in [0.05, 0.1) is 22.3 Å². The van der Waals surface area contributed by atoms with Crippen molar-refractivity contribution in [1.29, 1.82) is 0 Å². The second-order valence-corrected chi connectivity index (χ2v) is 7.92. The van der Waals surface area contributed by atoms with Crippen LogP contribution in [0.3, 0.4) is 0 Å². The summed E-state index contributed by atoms with van der Waals surface area (Å²) in [5, 5.41) is 9.89. The first-order valence-corrected chi connectivity index (χ1v) is 9.67. The Bertz CT molecular complexity index is 857. The van der Waals surface area contributed by atoms with Gasteiger partial charge in [0.25, 0.3) is 0 Å². The number of rotatable bonds is 3. The molecule has 1 unspecified atom stereocenters. The minimum Gasteiger partial charge on any atom is -0.257 e. The molecule has 1 aromatic heterocycles. The van der Waals surface area contributed by atoms with Gasteiger partial charge in [0.2, 0.25) is 0 Å². The van der Waals surface area contributed by atoms with E-state index >= 15 is 0 Å². The van der Waals surface area contributed by atoms with Gasteiger partial charge in [-0.1, -0.05) is 45.7 Å². The molecule has 3 aromatic rings. The van der Waals surface area contributed by atoms with E-state index in [4.69, 9.17) is 16.7 Å². The Morgan fingerprint density at radius 3 is 2.46 bits per heavy atom. The van der Waals surface area contributed by atoms with Crippen LogP contribution in [0, 0.1) is 0 Å². The number of halogens is 2. The van der Waals surface area contributed by atoms with Crippen LogP contribution in [0.25, 0.3) is 0 Å². The lowest BCUT2D eigenvalue weighted by Crippen LogP contribution is -2.18. The van der Waals surface area contributed by atoms with Crippen molar-refractivity contribution in [3.05, 3.63) is 86.0 Å². The number of benzene rings is 2. The van der Waals surface area contributed by atoms with Crippen LogP contribution in [0.15, 0.2) is 75.6 Å². The third-order valence-electron chi connectivity index (χ3n) is 4.06. The second kappa shape index (κ2) is 6.71. The van der Waals surface area contributed by atoms with E-state index in [1.165, 1.54) is 10.4 Å². The summed E-state index contributed by atoms with van der Waals surface area (Å²) < 4.78 is 1.07. The summed E-state index contributed by atoms with van der Waals surface area (Å²) >= 11 is 11.3. The molecule has 1 atom stereocenters. The Labute approximate surface area is 158 Å².